The SMILES string of the molecule is CC1(C)CC(=O)C2=C(C1)Nc1ncc(F)c(C#N)c1C2(C)c1cccc(C=O)c1. The number of hydrogen-bond acceptors (Lipinski definition) is 5. The van der Waals surface area contributed by atoms with Gasteiger partial charge in [0.05, 0.1) is 17.2 Å². The quantitative estimate of drug-likeness (QED) is 0.775. The van der Waals surface area contributed by atoms with Gasteiger partial charge in [-0.2, -0.15) is 5.26 Å². The van der Waals surface area contributed by atoms with Crippen LogP contribution in [0.4, 0.5) is 10.2 Å². The number of nitrogens with one attached hydrogen (secondary N) is 1. The summed E-state index contributed by atoms with van der Waals surface area (Å²) in [4.78, 5) is 28.9. The minimum Gasteiger partial charge on any atom is -0.343 e. The Bertz CT molecular complexity index is 1140. The molecule has 2 aromatic rings. The summed E-state index contributed by atoms with van der Waals surface area (Å²) in [5, 5.41) is 12.9. The number of fused-ring (bicyclic) bond motifs is 1. The van der Waals surface area contributed by atoms with Crippen LogP contribution in [0.15, 0.2) is 41.7 Å². The maximum Gasteiger partial charge on any atom is 0.162 e. The molecule has 1 atom stereocenters. The Morgan fingerprint density at radius 2 is 2.03 bits per heavy atom. The van der Waals surface area contributed by atoms with Gasteiger partial charge in [0.25, 0.3) is 0 Å². The topological polar surface area (TPSA) is 82.8 Å². The summed E-state index contributed by atoms with van der Waals surface area (Å²) in [5.74, 6) is -0.425. The van der Waals surface area contributed by atoms with E-state index in [9.17, 15) is 19.2 Å². The molecule has 1 unspecified atom stereocenters. The fourth-order valence-electron chi connectivity index (χ4n) is 4.67. The molecule has 0 amide bonds. The molecular formula is C23H20FN3O2. The number of Topliss-reactive ketones (excluding diaryl/α,β-unsaturated/α-hetero) is 1. The molecule has 1 aromatic carbocycles. The predicted octanol–water partition coefficient (Wildman–Crippen LogP) is 4.28. The number of aldehydes is 1. The van der Waals surface area contributed by atoms with Crippen molar-refractivity contribution in [3.63, 3.8) is 0 Å². The number of ketones is 1. The minimum atomic E-state index is -1.11. The number of nitrogens with zero attached hydrogens (tertiary/aromatic N) is 2. The normalized spacial score (nSPS) is 22.2. The smallest absolute Gasteiger partial charge is 0.162 e. The molecule has 1 N–H and O–H groups in total. The highest BCUT2D eigenvalue weighted by Crippen LogP contribution is 2.53. The van der Waals surface area contributed by atoms with Crippen molar-refractivity contribution in [3.05, 3.63) is 69.8 Å². The number of benzene rings is 1. The first-order chi connectivity index (χ1) is 13.7. The van der Waals surface area contributed by atoms with Gasteiger partial charge in [-0.3, -0.25) is 9.59 Å². The molecule has 5 nitrogen and oxygen atoms in total. The molecule has 0 saturated carbocycles. The van der Waals surface area contributed by atoms with Crippen LogP contribution < -0.4 is 5.32 Å². The van der Waals surface area contributed by atoms with Crippen molar-refractivity contribution in [1.82, 2.24) is 4.98 Å². The second-order valence-electron chi connectivity index (χ2n) is 8.60. The number of carbonyl (C=O) groups excluding carboxylic acids is 2. The number of nitriles is 1. The highest BCUT2D eigenvalue weighted by Gasteiger charge is 2.49. The number of carbonyl (C=O) groups is 2. The van der Waals surface area contributed by atoms with Crippen LogP contribution in [0.1, 0.15) is 60.7 Å². The highest BCUT2D eigenvalue weighted by atomic mass is 19.1. The van der Waals surface area contributed by atoms with E-state index in [0.717, 1.165) is 18.2 Å². The lowest BCUT2D eigenvalue weighted by Crippen LogP contribution is -2.43. The molecule has 0 fully saturated rings. The van der Waals surface area contributed by atoms with Crippen LogP contribution >= 0.6 is 0 Å². The Morgan fingerprint density at radius 1 is 1.28 bits per heavy atom. The zero-order valence-corrected chi connectivity index (χ0v) is 16.5. The lowest BCUT2D eigenvalue weighted by atomic mass is 9.61. The third kappa shape index (κ3) is 2.77. The molecule has 6 heteroatoms. The molecule has 146 valence electrons. The van der Waals surface area contributed by atoms with Crippen LogP contribution in [0.3, 0.4) is 0 Å². The molecule has 4 rings (SSSR count). The van der Waals surface area contributed by atoms with Crippen LogP contribution in [0.25, 0.3) is 0 Å². The van der Waals surface area contributed by atoms with Crippen molar-refractivity contribution in [1.29, 1.82) is 5.26 Å². The number of anilines is 1. The van der Waals surface area contributed by atoms with E-state index < -0.39 is 11.2 Å². The molecule has 0 saturated heterocycles. The fraction of sp³-hybridized carbons (Fsp3) is 0.304. The maximum absolute atomic E-state index is 14.6. The van der Waals surface area contributed by atoms with E-state index in [1.54, 1.807) is 24.3 Å². The van der Waals surface area contributed by atoms with E-state index in [4.69, 9.17) is 0 Å². The van der Waals surface area contributed by atoms with Crippen molar-refractivity contribution >= 4 is 17.9 Å². The average molecular weight is 389 g/mol. The zero-order chi connectivity index (χ0) is 21.0. The zero-order valence-electron chi connectivity index (χ0n) is 16.5. The van der Waals surface area contributed by atoms with Gasteiger partial charge in [0.15, 0.2) is 11.6 Å². The van der Waals surface area contributed by atoms with E-state index in [-0.39, 0.29) is 16.8 Å². The number of pyridine rings is 1. The van der Waals surface area contributed by atoms with Crippen molar-refractivity contribution in [3.8, 4) is 6.07 Å². The number of halogens is 1. The van der Waals surface area contributed by atoms with Crippen molar-refractivity contribution in [2.24, 2.45) is 5.41 Å². The van der Waals surface area contributed by atoms with Crippen LogP contribution in [0.5, 0.6) is 0 Å². The van der Waals surface area contributed by atoms with Gasteiger partial charge in [0.2, 0.25) is 0 Å². The molecule has 0 spiro atoms. The third-order valence-corrected chi connectivity index (χ3v) is 5.89. The van der Waals surface area contributed by atoms with Gasteiger partial charge in [-0.25, -0.2) is 9.37 Å². The van der Waals surface area contributed by atoms with Crippen LogP contribution in [0, 0.1) is 22.6 Å². The standard InChI is InChI=1S/C23H20FN3O2/c1-22(2)8-17-20(18(29)9-22)23(3,14-6-4-5-13(7-14)12-28)19-15(10-25)16(24)11-26-21(19)27-17/h4-7,11-12H,8-9H2,1-3H3,(H,26,27). The van der Waals surface area contributed by atoms with E-state index in [0.29, 0.717) is 40.9 Å². The van der Waals surface area contributed by atoms with Gasteiger partial charge < -0.3 is 5.32 Å². The summed E-state index contributed by atoms with van der Waals surface area (Å²) >= 11 is 0. The molecule has 29 heavy (non-hydrogen) atoms. The van der Waals surface area contributed by atoms with E-state index in [1.807, 2.05) is 26.8 Å². The van der Waals surface area contributed by atoms with Gasteiger partial charge in [0, 0.05) is 28.8 Å². The summed E-state index contributed by atoms with van der Waals surface area (Å²) in [6, 6.07) is 8.82. The number of allylic oxidation sites excluding steroid dienone is 2. The lowest BCUT2D eigenvalue weighted by molar-refractivity contribution is -0.118. The highest BCUT2D eigenvalue weighted by molar-refractivity contribution is 6.03. The van der Waals surface area contributed by atoms with Gasteiger partial charge >= 0.3 is 0 Å². The lowest BCUT2D eigenvalue weighted by Gasteiger charge is -2.44. The van der Waals surface area contributed by atoms with Gasteiger partial charge in [-0.05, 0) is 30.4 Å². The summed E-state index contributed by atoms with van der Waals surface area (Å²) in [6.07, 6.45) is 2.72. The second kappa shape index (κ2) is 6.35. The monoisotopic (exact) mass is 389 g/mol. The first kappa shape index (κ1) is 19.0. The van der Waals surface area contributed by atoms with Crippen molar-refractivity contribution < 1.29 is 14.0 Å². The van der Waals surface area contributed by atoms with E-state index >= 15 is 0 Å². The number of hydrogen-bond donors (Lipinski definition) is 1. The first-order valence-electron chi connectivity index (χ1n) is 9.40. The molecule has 1 aliphatic heterocycles. The Morgan fingerprint density at radius 3 is 2.72 bits per heavy atom. The van der Waals surface area contributed by atoms with Gasteiger partial charge in [-0.15, -0.1) is 0 Å². The molecule has 1 aliphatic carbocycles. The van der Waals surface area contributed by atoms with E-state index in [2.05, 4.69) is 10.3 Å². The third-order valence-electron chi connectivity index (χ3n) is 5.89. The minimum absolute atomic E-state index is 0.0541. The Kier molecular flexibility index (Phi) is 4.16. The van der Waals surface area contributed by atoms with Crippen LogP contribution in [-0.4, -0.2) is 17.1 Å². The maximum atomic E-state index is 14.6. The van der Waals surface area contributed by atoms with Crippen molar-refractivity contribution in [2.75, 3.05) is 5.32 Å². The Balaban J connectivity index is 2.11. The Hall–Kier alpha value is -3.33. The fourth-order valence-corrected chi connectivity index (χ4v) is 4.67. The summed E-state index contributed by atoms with van der Waals surface area (Å²) in [7, 11) is 0. The van der Waals surface area contributed by atoms with Gasteiger partial charge in [0.1, 0.15) is 18.2 Å². The average Bonchev–Trinajstić information content (AvgIpc) is 2.67. The summed E-state index contributed by atoms with van der Waals surface area (Å²) < 4.78 is 14.6. The predicted molar refractivity (Wildman–Crippen MR) is 106 cm³/mol. The van der Waals surface area contributed by atoms with Crippen molar-refractivity contribution in [2.45, 2.75) is 39.0 Å². The van der Waals surface area contributed by atoms with E-state index in [1.165, 1.54) is 0 Å². The number of rotatable bonds is 2. The molecular weight excluding hydrogens is 369 g/mol. The Labute approximate surface area is 168 Å². The molecule has 1 aromatic heterocycles. The molecule has 2 heterocycles. The summed E-state index contributed by atoms with van der Waals surface area (Å²) in [5.41, 5.74) is 1.18. The van der Waals surface area contributed by atoms with Crippen LogP contribution in [0.2, 0.25) is 0 Å². The van der Waals surface area contributed by atoms with Crippen LogP contribution in [-0.2, 0) is 10.2 Å². The number of aromatic nitrogens is 1. The molecule has 0 bridgehead atoms. The molecule has 2 aliphatic rings. The molecule has 0 radical (unpaired) electrons. The largest absolute Gasteiger partial charge is 0.343 e. The van der Waals surface area contributed by atoms with Gasteiger partial charge in [-0.1, -0.05) is 32.0 Å². The second-order valence-corrected chi connectivity index (χ2v) is 8.60. The first-order valence-corrected chi connectivity index (χ1v) is 9.40. The summed E-state index contributed by atoms with van der Waals surface area (Å²) in [6.45, 7) is 5.86.